The van der Waals surface area contributed by atoms with E-state index < -0.39 is 0 Å². The number of nitrogens with one attached hydrogen (secondary N) is 1. The number of aliphatic hydroxyl groups excluding tert-OH is 1. The summed E-state index contributed by atoms with van der Waals surface area (Å²) in [5, 5.41) is 14.2. The van der Waals surface area contributed by atoms with Crippen LogP contribution in [-0.4, -0.2) is 22.3 Å². The van der Waals surface area contributed by atoms with Crippen molar-refractivity contribution in [3.05, 3.63) is 0 Å². The van der Waals surface area contributed by atoms with Gasteiger partial charge in [0.1, 0.15) is 0 Å². The minimum Gasteiger partial charge on any atom is -0.393 e. The molecule has 124 valence electrons. The smallest absolute Gasteiger partial charge is 0.0573 e. The van der Waals surface area contributed by atoms with E-state index in [1.165, 1.54) is 25.7 Å². The molecule has 1 heterocycles. The molecule has 21 heavy (non-hydrogen) atoms. The monoisotopic (exact) mass is 295 g/mol. The molecule has 0 aromatic rings. The summed E-state index contributed by atoms with van der Waals surface area (Å²) in [4.78, 5) is 0. The highest BCUT2D eigenvalue weighted by molar-refractivity contribution is 5.00. The second-order valence-corrected chi connectivity index (χ2v) is 10.2. The molecule has 1 saturated carbocycles. The fourth-order valence-electron chi connectivity index (χ4n) is 5.28. The van der Waals surface area contributed by atoms with E-state index in [2.05, 4.69) is 53.8 Å². The lowest BCUT2D eigenvalue weighted by molar-refractivity contribution is -0.0321. The van der Waals surface area contributed by atoms with Crippen molar-refractivity contribution in [2.45, 2.75) is 97.8 Å². The van der Waals surface area contributed by atoms with Crippen LogP contribution in [0.3, 0.4) is 0 Å². The summed E-state index contributed by atoms with van der Waals surface area (Å²) in [7, 11) is 0. The maximum atomic E-state index is 10.4. The summed E-state index contributed by atoms with van der Waals surface area (Å²) in [6, 6.07) is 0. The number of hydrogen-bond donors (Lipinski definition) is 2. The lowest BCUT2D eigenvalue weighted by Gasteiger charge is -2.51. The van der Waals surface area contributed by atoms with E-state index in [9.17, 15) is 5.11 Å². The molecule has 3 atom stereocenters. The first kappa shape index (κ1) is 17.3. The first-order valence-electron chi connectivity index (χ1n) is 8.87. The minimum atomic E-state index is -0.0935. The average molecular weight is 296 g/mol. The van der Waals surface area contributed by atoms with Gasteiger partial charge >= 0.3 is 0 Å². The number of hydrogen-bond acceptors (Lipinski definition) is 2. The summed E-state index contributed by atoms with van der Waals surface area (Å²) < 4.78 is 0. The molecular formula is C19H37NO. The van der Waals surface area contributed by atoms with Crippen molar-refractivity contribution in [2.24, 2.45) is 23.2 Å². The second kappa shape index (κ2) is 5.53. The summed E-state index contributed by atoms with van der Waals surface area (Å²) >= 11 is 0. The van der Waals surface area contributed by atoms with Gasteiger partial charge in [0.2, 0.25) is 0 Å². The first-order valence-corrected chi connectivity index (χ1v) is 8.87. The second-order valence-electron chi connectivity index (χ2n) is 10.2. The Morgan fingerprint density at radius 1 is 0.905 bits per heavy atom. The van der Waals surface area contributed by atoms with E-state index >= 15 is 0 Å². The van der Waals surface area contributed by atoms with Crippen molar-refractivity contribution < 1.29 is 5.11 Å². The fraction of sp³-hybridized carbons (Fsp3) is 1.00. The van der Waals surface area contributed by atoms with Gasteiger partial charge in [0.05, 0.1) is 6.10 Å². The van der Waals surface area contributed by atoms with Crippen LogP contribution in [0.15, 0.2) is 0 Å². The zero-order valence-electron chi connectivity index (χ0n) is 15.3. The highest BCUT2D eigenvalue weighted by atomic mass is 16.3. The van der Waals surface area contributed by atoms with E-state index in [1.54, 1.807) is 0 Å². The van der Waals surface area contributed by atoms with E-state index in [4.69, 9.17) is 0 Å². The van der Waals surface area contributed by atoms with Gasteiger partial charge in [-0.15, -0.1) is 0 Å². The molecular weight excluding hydrogens is 258 g/mol. The molecule has 2 heteroatoms. The Labute approximate surface area is 132 Å². The molecule has 2 N–H and O–H groups in total. The Hall–Kier alpha value is -0.0800. The Bertz CT molecular complexity index is 350. The molecule has 2 aliphatic rings. The highest BCUT2D eigenvalue weighted by Crippen LogP contribution is 2.47. The fourth-order valence-corrected chi connectivity index (χ4v) is 5.28. The predicted molar refractivity (Wildman–Crippen MR) is 90.3 cm³/mol. The highest BCUT2D eigenvalue weighted by Gasteiger charge is 2.44. The van der Waals surface area contributed by atoms with E-state index in [-0.39, 0.29) is 22.6 Å². The van der Waals surface area contributed by atoms with Gasteiger partial charge in [-0.1, -0.05) is 20.8 Å². The zero-order valence-corrected chi connectivity index (χ0v) is 15.3. The summed E-state index contributed by atoms with van der Waals surface area (Å²) in [6.45, 7) is 16.3. The van der Waals surface area contributed by atoms with E-state index in [0.29, 0.717) is 5.92 Å². The Morgan fingerprint density at radius 3 is 1.90 bits per heavy atom. The molecule has 0 amide bonds. The zero-order chi connectivity index (χ0) is 16.1. The number of aliphatic hydroxyl groups is 1. The molecule has 0 aromatic heterocycles. The predicted octanol–water partition coefficient (Wildman–Crippen LogP) is 4.37. The molecule has 1 aliphatic carbocycles. The van der Waals surface area contributed by atoms with Crippen LogP contribution in [0.2, 0.25) is 0 Å². The molecule has 0 bridgehead atoms. The summed E-state index contributed by atoms with van der Waals surface area (Å²) in [6.07, 6.45) is 5.87. The summed E-state index contributed by atoms with van der Waals surface area (Å²) in [5.41, 5.74) is 0.690. The Balaban J connectivity index is 2.11. The molecule has 1 saturated heterocycles. The normalized spacial score (nSPS) is 37.4. The summed E-state index contributed by atoms with van der Waals surface area (Å²) in [5.74, 6) is 2.05. The number of piperidine rings is 1. The van der Waals surface area contributed by atoms with Gasteiger partial charge in [0.15, 0.2) is 0 Å². The van der Waals surface area contributed by atoms with Gasteiger partial charge < -0.3 is 10.4 Å². The standard InChI is InChI=1S/C19H37NO/c1-17(2,3)15-10-13(8-9-16(15)21)14-11-18(4,5)20-19(6,7)12-14/h13-16,20-21H,8-12H2,1-7H3. The molecule has 2 fully saturated rings. The van der Waals surface area contributed by atoms with E-state index in [0.717, 1.165) is 18.3 Å². The van der Waals surface area contributed by atoms with E-state index in [1.807, 2.05) is 0 Å². The Kier molecular flexibility index (Phi) is 4.55. The van der Waals surface area contributed by atoms with Gasteiger partial charge in [-0.3, -0.25) is 0 Å². The van der Waals surface area contributed by atoms with Crippen LogP contribution in [0, 0.1) is 23.2 Å². The van der Waals surface area contributed by atoms with Crippen LogP contribution in [0.4, 0.5) is 0 Å². The van der Waals surface area contributed by atoms with Crippen LogP contribution in [0.5, 0.6) is 0 Å². The lowest BCUT2D eigenvalue weighted by Crippen LogP contribution is -2.59. The average Bonchev–Trinajstić information content (AvgIpc) is 2.23. The van der Waals surface area contributed by atoms with Crippen molar-refractivity contribution in [3.8, 4) is 0 Å². The van der Waals surface area contributed by atoms with Crippen LogP contribution >= 0.6 is 0 Å². The molecule has 2 rings (SSSR count). The third-order valence-corrected chi connectivity index (χ3v) is 5.86. The van der Waals surface area contributed by atoms with Crippen molar-refractivity contribution in [1.82, 2.24) is 5.32 Å². The molecule has 2 nitrogen and oxygen atoms in total. The molecule has 0 spiro atoms. The van der Waals surface area contributed by atoms with Gasteiger partial charge in [-0.2, -0.15) is 0 Å². The van der Waals surface area contributed by atoms with Crippen molar-refractivity contribution in [3.63, 3.8) is 0 Å². The van der Waals surface area contributed by atoms with Crippen LogP contribution in [0.1, 0.15) is 80.6 Å². The maximum Gasteiger partial charge on any atom is 0.0573 e. The van der Waals surface area contributed by atoms with Crippen molar-refractivity contribution >= 4 is 0 Å². The lowest BCUT2D eigenvalue weighted by atomic mass is 9.61. The molecule has 0 aromatic carbocycles. The van der Waals surface area contributed by atoms with Crippen molar-refractivity contribution in [1.29, 1.82) is 0 Å². The van der Waals surface area contributed by atoms with Gasteiger partial charge in [-0.25, -0.2) is 0 Å². The molecule has 0 radical (unpaired) electrons. The molecule has 1 aliphatic heterocycles. The third-order valence-electron chi connectivity index (χ3n) is 5.86. The third kappa shape index (κ3) is 4.22. The molecule has 3 unspecified atom stereocenters. The van der Waals surface area contributed by atoms with Crippen LogP contribution < -0.4 is 5.32 Å². The largest absolute Gasteiger partial charge is 0.393 e. The first-order chi connectivity index (χ1) is 9.40. The van der Waals surface area contributed by atoms with Gasteiger partial charge in [0.25, 0.3) is 0 Å². The quantitative estimate of drug-likeness (QED) is 0.753. The maximum absolute atomic E-state index is 10.4. The van der Waals surface area contributed by atoms with Crippen LogP contribution in [0.25, 0.3) is 0 Å². The number of rotatable bonds is 1. The Morgan fingerprint density at radius 2 is 1.43 bits per heavy atom. The SMILES string of the molecule is CC1(C)CC(C2CCC(O)C(C(C)(C)C)C2)CC(C)(C)N1. The van der Waals surface area contributed by atoms with Gasteiger partial charge in [0, 0.05) is 11.1 Å². The van der Waals surface area contributed by atoms with Gasteiger partial charge in [-0.05, 0) is 83.0 Å². The van der Waals surface area contributed by atoms with Crippen molar-refractivity contribution in [2.75, 3.05) is 0 Å². The minimum absolute atomic E-state index is 0.0935. The topological polar surface area (TPSA) is 32.3 Å². The van der Waals surface area contributed by atoms with Crippen LogP contribution in [-0.2, 0) is 0 Å².